The molecule has 1 fully saturated rings. The van der Waals surface area contributed by atoms with Crippen LogP contribution in [-0.2, 0) is 15.6 Å². The van der Waals surface area contributed by atoms with Gasteiger partial charge in [0.15, 0.2) is 9.84 Å². The monoisotopic (exact) mass is 450 g/mol. The van der Waals surface area contributed by atoms with Crippen LogP contribution >= 0.6 is 11.6 Å². The Balaban J connectivity index is 1.86. The molecule has 0 atom stereocenters. The molecule has 0 amide bonds. The Labute approximate surface area is 179 Å². The van der Waals surface area contributed by atoms with Crippen molar-refractivity contribution in [3.63, 3.8) is 0 Å². The van der Waals surface area contributed by atoms with E-state index in [-0.39, 0.29) is 10.5 Å². The van der Waals surface area contributed by atoms with E-state index >= 15 is 0 Å². The highest BCUT2D eigenvalue weighted by Gasteiger charge is 2.28. The Bertz CT molecular complexity index is 1190. The van der Waals surface area contributed by atoms with Gasteiger partial charge in [0, 0.05) is 30.7 Å². The van der Waals surface area contributed by atoms with E-state index in [4.69, 9.17) is 11.6 Å². The van der Waals surface area contributed by atoms with Crippen molar-refractivity contribution >= 4 is 38.0 Å². The molecular formula is C22H21ClF2N2O2S. The van der Waals surface area contributed by atoms with Crippen molar-refractivity contribution in [3.8, 4) is 0 Å². The van der Waals surface area contributed by atoms with Gasteiger partial charge in [0.1, 0.15) is 16.5 Å². The summed E-state index contributed by atoms with van der Waals surface area (Å²) in [5.74, 6) is -1.58. The molecule has 0 N–H and O–H groups in total. The van der Waals surface area contributed by atoms with Gasteiger partial charge >= 0.3 is 0 Å². The largest absolute Gasteiger partial charge is 0.370 e. The van der Waals surface area contributed by atoms with Gasteiger partial charge in [-0.15, -0.1) is 0 Å². The van der Waals surface area contributed by atoms with E-state index in [1.165, 1.54) is 6.20 Å². The minimum atomic E-state index is -3.93. The van der Waals surface area contributed by atoms with Gasteiger partial charge in [0.25, 0.3) is 0 Å². The molecule has 8 heteroatoms. The summed E-state index contributed by atoms with van der Waals surface area (Å²) in [6.07, 6.45) is 3.20. The van der Waals surface area contributed by atoms with E-state index in [0.717, 1.165) is 31.0 Å². The van der Waals surface area contributed by atoms with Crippen molar-refractivity contribution in [1.29, 1.82) is 0 Å². The lowest BCUT2D eigenvalue weighted by Crippen LogP contribution is -2.34. The predicted octanol–water partition coefficient (Wildman–Crippen LogP) is 5.38. The van der Waals surface area contributed by atoms with Crippen molar-refractivity contribution < 1.29 is 17.2 Å². The maximum Gasteiger partial charge on any atom is 0.186 e. The lowest BCUT2D eigenvalue weighted by atomic mass is 9.98. The molecule has 30 heavy (non-hydrogen) atoms. The molecule has 0 unspecified atom stereocenters. The molecule has 0 radical (unpaired) electrons. The molecule has 4 rings (SSSR count). The molecule has 3 aromatic rings. The van der Waals surface area contributed by atoms with E-state index < -0.39 is 27.2 Å². The number of para-hydroxylation sites is 1. The average molecular weight is 451 g/mol. The molecular weight excluding hydrogens is 430 g/mol. The number of aromatic nitrogens is 1. The van der Waals surface area contributed by atoms with Crippen molar-refractivity contribution in [2.45, 2.75) is 30.4 Å². The Morgan fingerprint density at radius 2 is 1.80 bits per heavy atom. The Morgan fingerprint density at radius 3 is 2.47 bits per heavy atom. The number of benzene rings is 2. The molecule has 1 aromatic heterocycles. The summed E-state index contributed by atoms with van der Waals surface area (Å²) in [4.78, 5) is 6.42. The highest BCUT2D eigenvalue weighted by Crippen LogP contribution is 2.38. The highest BCUT2D eigenvalue weighted by molar-refractivity contribution is 7.90. The lowest BCUT2D eigenvalue weighted by Gasteiger charge is -2.34. The average Bonchev–Trinajstić information content (AvgIpc) is 2.67. The second-order valence-electron chi connectivity index (χ2n) is 7.81. The molecule has 2 aromatic carbocycles. The first-order chi connectivity index (χ1) is 14.2. The summed E-state index contributed by atoms with van der Waals surface area (Å²) in [5, 5.41) is 1.10. The number of hydrogen-bond acceptors (Lipinski definition) is 4. The van der Waals surface area contributed by atoms with Gasteiger partial charge < -0.3 is 4.90 Å². The van der Waals surface area contributed by atoms with Crippen LogP contribution in [0.1, 0.15) is 25.3 Å². The molecule has 158 valence electrons. The Hall–Kier alpha value is -2.25. The van der Waals surface area contributed by atoms with E-state index in [1.807, 2.05) is 6.07 Å². The van der Waals surface area contributed by atoms with Gasteiger partial charge in [0.05, 0.1) is 22.0 Å². The molecule has 2 heterocycles. The van der Waals surface area contributed by atoms with Gasteiger partial charge in [-0.3, -0.25) is 4.98 Å². The molecule has 1 aliphatic rings. The van der Waals surface area contributed by atoms with Crippen LogP contribution in [0.5, 0.6) is 0 Å². The zero-order valence-corrected chi connectivity index (χ0v) is 18.0. The Kier molecular flexibility index (Phi) is 5.68. The fraction of sp³-hybridized carbons (Fsp3) is 0.318. The zero-order valence-electron chi connectivity index (χ0n) is 16.4. The van der Waals surface area contributed by atoms with Gasteiger partial charge in [-0.25, -0.2) is 17.2 Å². The lowest BCUT2D eigenvalue weighted by molar-refractivity contribution is 0.437. The summed E-state index contributed by atoms with van der Waals surface area (Å²) in [6, 6.07) is 8.07. The van der Waals surface area contributed by atoms with E-state index in [9.17, 15) is 17.2 Å². The smallest absolute Gasteiger partial charge is 0.186 e. The van der Waals surface area contributed by atoms with Crippen LogP contribution in [0.15, 0.2) is 47.5 Å². The quantitative estimate of drug-likeness (QED) is 0.535. The number of sulfone groups is 1. The van der Waals surface area contributed by atoms with Gasteiger partial charge in [-0.2, -0.15) is 0 Å². The molecule has 4 nitrogen and oxygen atoms in total. The van der Waals surface area contributed by atoms with Gasteiger partial charge in [0.2, 0.25) is 0 Å². The summed E-state index contributed by atoms with van der Waals surface area (Å²) in [6.45, 7) is 3.60. The Morgan fingerprint density at radius 1 is 1.13 bits per heavy atom. The number of piperidine rings is 1. The van der Waals surface area contributed by atoms with Crippen LogP contribution in [0.2, 0.25) is 5.02 Å². The third kappa shape index (κ3) is 4.14. The van der Waals surface area contributed by atoms with Gasteiger partial charge in [-0.1, -0.05) is 30.7 Å². The molecule has 1 aliphatic heterocycles. The minimum Gasteiger partial charge on any atom is -0.370 e. The maximum atomic E-state index is 13.6. The normalized spacial score (nSPS) is 15.7. The second kappa shape index (κ2) is 8.12. The van der Waals surface area contributed by atoms with E-state index in [1.54, 1.807) is 12.1 Å². The zero-order chi connectivity index (χ0) is 21.5. The summed E-state index contributed by atoms with van der Waals surface area (Å²) in [7, 11) is -3.93. The topological polar surface area (TPSA) is 50.3 Å². The van der Waals surface area contributed by atoms with Crippen molar-refractivity contribution in [1.82, 2.24) is 4.98 Å². The minimum absolute atomic E-state index is 0.0523. The fourth-order valence-electron chi connectivity index (χ4n) is 3.93. The van der Waals surface area contributed by atoms with Crippen molar-refractivity contribution in [2.75, 3.05) is 18.0 Å². The van der Waals surface area contributed by atoms with E-state index in [2.05, 4.69) is 16.8 Å². The van der Waals surface area contributed by atoms with Crippen molar-refractivity contribution in [2.24, 2.45) is 5.92 Å². The van der Waals surface area contributed by atoms with Crippen LogP contribution in [0, 0.1) is 17.6 Å². The van der Waals surface area contributed by atoms with Crippen LogP contribution in [0.4, 0.5) is 14.5 Å². The standard InChI is InChI=1S/C22H21ClF2N2O2S/c1-14-5-7-27(8-6-14)22-18-3-2-4-19(23)21(18)26-12-20(22)30(28,29)13-15-9-16(24)11-17(25)10-15/h2-4,9-12,14H,5-8,13H2,1H3. The first kappa shape index (κ1) is 21.0. The van der Waals surface area contributed by atoms with Crippen LogP contribution < -0.4 is 4.90 Å². The first-order valence-electron chi connectivity index (χ1n) is 9.74. The summed E-state index contributed by atoms with van der Waals surface area (Å²) in [5.41, 5.74) is 1.15. The molecule has 0 spiro atoms. The summed E-state index contributed by atoms with van der Waals surface area (Å²) >= 11 is 6.31. The number of halogens is 3. The van der Waals surface area contributed by atoms with Gasteiger partial charge in [-0.05, 0) is 42.5 Å². The molecule has 0 aliphatic carbocycles. The third-order valence-corrected chi connectivity index (χ3v) is 7.49. The molecule has 1 saturated heterocycles. The molecule has 0 saturated carbocycles. The summed E-state index contributed by atoms with van der Waals surface area (Å²) < 4.78 is 53.9. The van der Waals surface area contributed by atoms with Crippen LogP contribution in [-0.4, -0.2) is 26.5 Å². The highest BCUT2D eigenvalue weighted by atomic mass is 35.5. The van der Waals surface area contributed by atoms with Crippen LogP contribution in [0.3, 0.4) is 0 Å². The second-order valence-corrected chi connectivity index (χ2v) is 10.2. The SMILES string of the molecule is CC1CCN(c2c(S(=O)(=O)Cc3cc(F)cc(F)c3)cnc3c(Cl)cccc23)CC1. The number of hydrogen-bond donors (Lipinski definition) is 0. The number of nitrogens with zero attached hydrogens (tertiary/aromatic N) is 2. The number of pyridine rings is 1. The predicted molar refractivity (Wildman–Crippen MR) is 115 cm³/mol. The maximum absolute atomic E-state index is 13.6. The first-order valence-corrected chi connectivity index (χ1v) is 11.8. The number of rotatable bonds is 4. The van der Waals surface area contributed by atoms with Crippen LogP contribution in [0.25, 0.3) is 10.9 Å². The molecule has 0 bridgehead atoms. The van der Waals surface area contributed by atoms with E-state index in [0.29, 0.717) is 40.6 Å². The van der Waals surface area contributed by atoms with Crippen molar-refractivity contribution in [3.05, 3.63) is 64.8 Å². The number of fused-ring (bicyclic) bond motifs is 1. The number of anilines is 1. The fourth-order valence-corrected chi connectivity index (χ4v) is 5.66. The third-order valence-electron chi connectivity index (χ3n) is 5.50.